The highest BCUT2D eigenvalue weighted by molar-refractivity contribution is 4.93. The van der Waals surface area contributed by atoms with E-state index in [1.54, 1.807) is 10.9 Å². The van der Waals surface area contributed by atoms with Crippen molar-refractivity contribution >= 4 is 0 Å². The smallest absolute Gasteiger partial charge is 0.0738 e. The molecule has 0 radical (unpaired) electrons. The van der Waals surface area contributed by atoms with E-state index < -0.39 is 0 Å². The topological polar surface area (TPSA) is 46.0 Å². The number of likely N-dealkylation sites (N-methyl/N-ethyl adjacent to an activating group) is 1. The van der Waals surface area contributed by atoms with Gasteiger partial charge in [-0.3, -0.25) is 4.68 Å². The van der Waals surface area contributed by atoms with Crippen LogP contribution in [0.3, 0.4) is 0 Å². The molecule has 0 aliphatic carbocycles. The van der Waals surface area contributed by atoms with Crippen molar-refractivity contribution in [2.45, 2.75) is 26.4 Å². The van der Waals surface area contributed by atoms with Crippen molar-refractivity contribution in [2.75, 3.05) is 20.6 Å². The molecule has 0 amide bonds. The SMILES string of the molecule is CC(C)C(CN(C)C)NCc1cnnn1C. The third-order valence-corrected chi connectivity index (χ3v) is 2.72. The first-order chi connectivity index (χ1) is 7.50. The molecule has 5 heteroatoms. The zero-order chi connectivity index (χ0) is 12.1. The Morgan fingerprint density at radius 3 is 2.56 bits per heavy atom. The van der Waals surface area contributed by atoms with Crippen molar-refractivity contribution in [1.82, 2.24) is 25.2 Å². The lowest BCUT2D eigenvalue weighted by atomic mass is 10.0. The van der Waals surface area contributed by atoms with Crippen molar-refractivity contribution in [2.24, 2.45) is 13.0 Å². The first kappa shape index (κ1) is 13.1. The van der Waals surface area contributed by atoms with Gasteiger partial charge in [-0.2, -0.15) is 0 Å². The fraction of sp³-hybridized carbons (Fsp3) is 0.818. The number of nitrogens with one attached hydrogen (secondary N) is 1. The van der Waals surface area contributed by atoms with Gasteiger partial charge in [0, 0.05) is 26.2 Å². The second kappa shape index (κ2) is 5.96. The van der Waals surface area contributed by atoms with Crippen molar-refractivity contribution in [3.63, 3.8) is 0 Å². The summed E-state index contributed by atoms with van der Waals surface area (Å²) >= 11 is 0. The maximum absolute atomic E-state index is 3.92. The molecule has 1 aromatic heterocycles. The highest BCUT2D eigenvalue weighted by atomic mass is 15.4. The van der Waals surface area contributed by atoms with E-state index >= 15 is 0 Å². The summed E-state index contributed by atoms with van der Waals surface area (Å²) in [6.07, 6.45) is 1.81. The van der Waals surface area contributed by atoms with Crippen molar-refractivity contribution in [3.05, 3.63) is 11.9 Å². The van der Waals surface area contributed by atoms with E-state index in [0.29, 0.717) is 12.0 Å². The lowest BCUT2D eigenvalue weighted by Gasteiger charge is -2.25. The van der Waals surface area contributed by atoms with Gasteiger partial charge in [-0.05, 0) is 20.0 Å². The van der Waals surface area contributed by atoms with Gasteiger partial charge in [0.25, 0.3) is 0 Å². The monoisotopic (exact) mass is 225 g/mol. The molecule has 0 fully saturated rings. The van der Waals surface area contributed by atoms with Gasteiger partial charge in [-0.1, -0.05) is 19.1 Å². The summed E-state index contributed by atoms with van der Waals surface area (Å²) in [5, 5.41) is 11.3. The fourth-order valence-corrected chi connectivity index (χ4v) is 1.61. The fourth-order valence-electron chi connectivity index (χ4n) is 1.61. The normalized spacial score (nSPS) is 13.7. The van der Waals surface area contributed by atoms with E-state index in [2.05, 4.69) is 48.5 Å². The molecule has 1 N–H and O–H groups in total. The molecule has 1 heterocycles. The average molecular weight is 225 g/mol. The Hall–Kier alpha value is -0.940. The lowest BCUT2D eigenvalue weighted by molar-refractivity contribution is 0.286. The van der Waals surface area contributed by atoms with Crippen LogP contribution in [0.5, 0.6) is 0 Å². The minimum Gasteiger partial charge on any atom is -0.308 e. The molecular weight excluding hydrogens is 202 g/mol. The maximum atomic E-state index is 3.92. The van der Waals surface area contributed by atoms with Gasteiger partial charge in [0.05, 0.1) is 11.9 Å². The van der Waals surface area contributed by atoms with E-state index in [9.17, 15) is 0 Å². The van der Waals surface area contributed by atoms with Crippen LogP contribution >= 0.6 is 0 Å². The molecule has 16 heavy (non-hydrogen) atoms. The van der Waals surface area contributed by atoms with E-state index in [1.807, 2.05) is 7.05 Å². The number of aromatic nitrogens is 3. The molecule has 0 spiro atoms. The Kier molecular flexibility index (Phi) is 4.89. The Morgan fingerprint density at radius 2 is 2.12 bits per heavy atom. The third-order valence-electron chi connectivity index (χ3n) is 2.72. The Bertz CT molecular complexity index is 305. The van der Waals surface area contributed by atoms with Crippen molar-refractivity contribution < 1.29 is 0 Å². The highest BCUT2D eigenvalue weighted by Gasteiger charge is 2.14. The predicted molar refractivity (Wildman–Crippen MR) is 65.0 cm³/mol. The summed E-state index contributed by atoms with van der Waals surface area (Å²) < 4.78 is 1.81. The highest BCUT2D eigenvalue weighted by Crippen LogP contribution is 2.04. The van der Waals surface area contributed by atoms with Crippen LogP contribution in [0.2, 0.25) is 0 Å². The number of hydrogen-bond acceptors (Lipinski definition) is 4. The quantitative estimate of drug-likeness (QED) is 0.765. The van der Waals surface area contributed by atoms with Gasteiger partial charge < -0.3 is 10.2 Å². The number of aryl methyl sites for hydroxylation is 1. The minimum atomic E-state index is 0.491. The van der Waals surface area contributed by atoms with E-state index in [-0.39, 0.29) is 0 Å². The molecule has 0 aliphatic heterocycles. The van der Waals surface area contributed by atoms with Crippen LogP contribution in [0.1, 0.15) is 19.5 Å². The Balaban J connectivity index is 2.47. The molecule has 0 aliphatic rings. The largest absolute Gasteiger partial charge is 0.308 e. The van der Waals surface area contributed by atoms with Crippen molar-refractivity contribution in [1.29, 1.82) is 0 Å². The predicted octanol–water partition coefficient (Wildman–Crippen LogP) is 0.491. The van der Waals surface area contributed by atoms with Crippen LogP contribution in [0, 0.1) is 5.92 Å². The van der Waals surface area contributed by atoms with Gasteiger partial charge in [-0.15, -0.1) is 5.10 Å². The second-order valence-corrected chi connectivity index (χ2v) is 4.84. The van der Waals surface area contributed by atoms with E-state index in [0.717, 1.165) is 18.8 Å². The van der Waals surface area contributed by atoms with Gasteiger partial charge in [0.1, 0.15) is 0 Å². The van der Waals surface area contributed by atoms with Gasteiger partial charge in [0.2, 0.25) is 0 Å². The molecule has 0 bridgehead atoms. The minimum absolute atomic E-state index is 0.491. The molecular formula is C11H23N5. The first-order valence-corrected chi connectivity index (χ1v) is 5.72. The van der Waals surface area contributed by atoms with E-state index in [4.69, 9.17) is 0 Å². The summed E-state index contributed by atoms with van der Waals surface area (Å²) in [6.45, 7) is 6.34. The van der Waals surface area contributed by atoms with Crippen LogP contribution in [0.15, 0.2) is 6.20 Å². The lowest BCUT2D eigenvalue weighted by Crippen LogP contribution is -2.41. The summed E-state index contributed by atoms with van der Waals surface area (Å²) in [5.41, 5.74) is 1.12. The molecule has 5 nitrogen and oxygen atoms in total. The molecule has 1 atom stereocenters. The molecule has 1 unspecified atom stereocenters. The van der Waals surface area contributed by atoms with Crippen LogP contribution in [0.4, 0.5) is 0 Å². The van der Waals surface area contributed by atoms with Crippen LogP contribution < -0.4 is 5.32 Å². The summed E-state index contributed by atoms with van der Waals surface area (Å²) in [7, 11) is 6.12. The molecule has 0 saturated heterocycles. The van der Waals surface area contributed by atoms with Crippen LogP contribution in [0.25, 0.3) is 0 Å². The van der Waals surface area contributed by atoms with E-state index in [1.165, 1.54) is 0 Å². The molecule has 92 valence electrons. The summed E-state index contributed by atoms with van der Waals surface area (Å²) in [4.78, 5) is 2.21. The molecule has 1 aromatic rings. The number of nitrogens with zero attached hydrogens (tertiary/aromatic N) is 4. The summed E-state index contributed by atoms with van der Waals surface area (Å²) in [5.74, 6) is 0.614. The third kappa shape index (κ3) is 3.90. The van der Waals surface area contributed by atoms with Crippen LogP contribution in [-0.4, -0.2) is 46.6 Å². The molecule has 0 saturated carbocycles. The molecule has 1 rings (SSSR count). The van der Waals surface area contributed by atoms with Crippen LogP contribution in [-0.2, 0) is 13.6 Å². The maximum Gasteiger partial charge on any atom is 0.0738 e. The molecule has 0 aromatic carbocycles. The first-order valence-electron chi connectivity index (χ1n) is 5.72. The number of hydrogen-bond donors (Lipinski definition) is 1. The standard InChI is InChI=1S/C11H23N5/c1-9(2)11(8-15(3)4)12-6-10-7-13-14-16(10)5/h7,9,11-12H,6,8H2,1-5H3. The summed E-state index contributed by atoms with van der Waals surface area (Å²) in [6, 6.07) is 0.491. The Morgan fingerprint density at radius 1 is 1.44 bits per heavy atom. The zero-order valence-electron chi connectivity index (χ0n) is 10.9. The van der Waals surface area contributed by atoms with Crippen molar-refractivity contribution in [3.8, 4) is 0 Å². The number of rotatable bonds is 6. The van der Waals surface area contributed by atoms with Gasteiger partial charge >= 0.3 is 0 Å². The van der Waals surface area contributed by atoms with Gasteiger partial charge in [0.15, 0.2) is 0 Å². The Labute approximate surface area is 97.8 Å². The second-order valence-electron chi connectivity index (χ2n) is 4.84. The average Bonchev–Trinajstić information content (AvgIpc) is 2.57. The zero-order valence-corrected chi connectivity index (χ0v) is 10.9. The van der Waals surface area contributed by atoms with Gasteiger partial charge in [-0.25, -0.2) is 0 Å².